The molecule has 0 fully saturated rings. The molecule has 408 valence electrons. The molecule has 0 spiro atoms. The van der Waals surface area contributed by atoms with Crippen molar-refractivity contribution in [2.24, 2.45) is 0 Å². The van der Waals surface area contributed by atoms with E-state index in [9.17, 15) is 0 Å². The van der Waals surface area contributed by atoms with E-state index in [0.29, 0.717) is 0 Å². The van der Waals surface area contributed by atoms with Crippen molar-refractivity contribution in [1.29, 1.82) is 0 Å². The number of nitrogens with zero attached hydrogens (tertiary/aromatic N) is 2. The SMILES string of the molecule is Cc1cc(B(c2c(C)cc(C)cc2C)c2c(C)cc(C)cc2C)cc(-c2ccc(C)c(B3c4ccccc4N(c4cccc(-c5ccc(N6c7ccccc7B(c7c(C)cccc7C)c7ccc(C)cc76)cc5)c4)c4ccc(C)cc43)c2C)c1. The molecule has 0 atom stereocenters. The highest BCUT2D eigenvalue weighted by Gasteiger charge is 2.39. The number of benzene rings is 11. The van der Waals surface area contributed by atoms with Crippen molar-refractivity contribution in [3.8, 4) is 22.3 Å². The summed E-state index contributed by atoms with van der Waals surface area (Å²) < 4.78 is 0. The topological polar surface area (TPSA) is 6.48 Å². The summed E-state index contributed by atoms with van der Waals surface area (Å²) in [6, 6.07) is 79.1. The van der Waals surface area contributed by atoms with E-state index in [4.69, 9.17) is 0 Å². The molecule has 0 aliphatic carbocycles. The Morgan fingerprint density at radius 3 is 1.43 bits per heavy atom. The zero-order valence-electron chi connectivity index (χ0n) is 51.3. The maximum Gasteiger partial charge on any atom is 0.247 e. The van der Waals surface area contributed by atoms with Crippen molar-refractivity contribution in [3.05, 3.63) is 279 Å². The Kier molecular flexibility index (Phi) is 13.9. The maximum absolute atomic E-state index is 2.51. The predicted octanol–water partition coefficient (Wildman–Crippen LogP) is 14.1. The van der Waals surface area contributed by atoms with Gasteiger partial charge in [-0.15, -0.1) is 0 Å². The first kappa shape index (κ1) is 54.5. The molecular formula is C79H73B3N2. The van der Waals surface area contributed by atoms with E-state index >= 15 is 0 Å². The zero-order valence-corrected chi connectivity index (χ0v) is 51.3. The Bertz CT molecular complexity index is 4330. The summed E-state index contributed by atoms with van der Waals surface area (Å²) in [5.74, 6) is 0. The van der Waals surface area contributed by atoms with Crippen LogP contribution >= 0.6 is 0 Å². The van der Waals surface area contributed by atoms with Crippen LogP contribution in [-0.2, 0) is 0 Å². The van der Waals surface area contributed by atoms with E-state index in [1.807, 2.05) is 0 Å². The number of rotatable bonds is 9. The number of hydrogen-bond donors (Lipinski definition) is 0. The molecule has 0 saturated heterocycles. The highest BCUT2D eigenvalue weighted by Crippen LogP contribution is 2.41. The highest BCUT2D eigenvalue weighted by atomic mass is 15.2. The summed E-state index contributed by atoms with van der Waals surface area (Å²) in [7, 11) is 0. The summed E-state index contributed by atoms with van der Waals surface area (Å²) in [4.78, 5) is 5.00. The van der Waals surface area contributed by atoms with E-state index in [1.54, 1.807) is 0 Å². The summed E-state index contributed by atoms with van der Waals surface area (Å²) in [5.41, 5.74) is 41.4. The molecule has 2 heterocycles. The van der Waals surface area contributed by atoms with Crippen LogP contribution in [0.5, 0.6) is 0 Å². The molecule has 11 aromatic rings. The quantitative estimate of drug-likeness (QED) is 0.133. The molecule has 0 bridgehead atoms. The molecule has 11 aromatic carbocycles. The van der Waals surface area contributed by atoms with Crippen LogP contribution in [0.2, 0.25) is 0 Å². The van der Waals surface area contributed by atoms with Gasteiger partial charge in [0, 0.05) is 34.1 Å². The minimum absolute atomic E-state index is 0.0145. The number of anilines is 6. The van der Waals surface area contributed by atoms with Gasteiger partial charge in [0.15, 0.2) is 0 Å². The predicted molar refractivity (Wildman–Crippen MR) is 368 cm³/mol. The Morgan fingerprint density at radius 1 is 0.286 bits per heavy atom. The van der Waals surface area contributed by atoms with Crippen LogP contribution in [0.3, 0.4) is 0 Å². The van der Waals surface area contributed by atoms with E-state index in [1.165, 1.54) is 166 Å². The molecular weight excluding hydrogens is 1010 g/mol. The molecule has 84 heavy (non-hydrogen) atoms. The molecule has 0 N–H and O–H groups in total. The summed E-state index contributed by atoms with van der Waals surface area (Å²) in [6.07, 6.45) is 0. The number of fused-ring (bicyclic) bond motifs is 4. The fourth-order valence-electron chi connectivity index (χ4n) is 15.3. The third-order valence-corrected chi connectivity index (χ3v) is 18.7. The van der Waals surface area contributed by atoms with Crippen LogP contribution < -0.4 is 59.0 Å². The van der Waals surface area contributed by atoms with Crippen molar-refractivity contribution in [3.63, 3.8) is 0 Å². The first-order valence-corrected chi connectivity index (χ1v) is 30.2. The second-order valence-corrected chi connectivity index (χ2v) is 24.8. The standard InChI is InChI=1S/C79H73B3N2/c1-48-29-37-74-71(44-48)82(79-55(8)30-35-67(60(79)13)63-42-52(5)43-64(46-63)80(77-56(9)38-50(3)39-57(77)10)78-58(11)40-51(4)41-59(78)12)69-25-15-17-27-73(69)84(74)66-23-19-22-62(47-66)61-31-33-65(34-32-61)83-72-26-16-14-24-68(72)81(70-36-28-49(2)45-75(70)83)76-53(6)20-18-21-54(76)7/h14-47H,1-13H3. The first-order valence-electron chi connectivity index (χ1n) is 30.2. The van der Waals surface area contributed by atoms with Gasteiger partial charge in [-0.25, -0.2) is 0 Å². The lowest BCUT2D eigenvalue weighted by molar-refractivity contribution is 1.28. The lowest BCUT2D eigenvalue weighted by Gasteiger charge is -2.38. The largest absolute Gasteiger partial charge is 0.312 e. The second-order valence-electron chi connectivity index (χ2n) is 24.8. The summed E-state index contributed by atoms with van der Waals surface area (Å²) in [5, 5.41) is 0. The minimum atomic E-state index is 0.0145. The van der Waals surface area contributed by atoms with Gasteiger partial charge in [-0.2, -0.15) is 0 Å². The Labute approximate surface area is 501 Å². The van der Waals surface area contributed by atoms with Crippen molar-refractivity contribution < 1.29 is 0 Å². The van der Waals surface area contributed by atoms with Crippen molar-refractivity contribution in [2.75, 3.05) is 9.80 Å². The Morgan fingerprint density at radius 2 is 0.798 bits per heavy atom. The van der Waals surface area contributed by atoms with Gasteiger partial charge in [0.2, 0.25) is 20.1 Å². The Hall–Kier alpha value is -8.79. The Balaban J connectivity index is 0.884. The normalized spacial score (nSPS) is 12.5. The fraction of sp³-hybridized carbons (Fsp3) is 0.165. The van der Waals surface area contributed by atoms with Crippen molar-refractivity contribution in [1.82, 2.24) is 0 Å². The average molecular weight is 1080 g/mol. The molecule has 5 heteroatoms. The van der Waals surface area contributed by atoms with E-state index in [2.05, 4.69) is 306 Å². The number of hydrogen-bond acceptors (Lipinski definition) is 2. The minimum Gasteiger partial charge on any atom is -0.312 e. The van der Waals surface area contributed by atoms with Gasteiger partial charge < -0.3 is 9.80 Å². The molecule has 0 unspecified atom stereocenters. The molecule has 0 amide bonds. The summed E-state index contributed by atoms with van der Waals surface area (Å²) >= 11 is 0. The average Bonchev–Trinajstić information content (AvgIpc) is 3.56. The first-order chi connectivity index (χ1) is 40.5. The second kappa shape index (κ2) is 21.4. The molecule has 2 nitrogen and oxygen atoms in total. The van der Waals surface area contributed by atoms with Gasteiger partial charge in [-0.05, 0) is 194 Å². The van der Waals surface area contributed by atoms with Crippen LogP contribution in [0.25, 0.3) is 22.3 Å². The van der Waals surface area contributed by atoms with Crippen LogP contribution in [0.4, 0.5) is 34.1 Å². The lowest BCUT2D eigenvalue weighted by atomic mass is 9.33. The van der Waals surface area contributed by atoms with Crippen LogP contribution in [0.15, 0.2) is 206 Å². The van der Waals surface area contributed by atoms with Gasteiger partial charge in [0.25, 0.3) is 0 Å². The monoisotopic (exact) mass is 1080 g/mol. The van der Waals surface area contributed by atoms with Crippen molar-refractivity contribution >= 4 is 103 Å². The fourth-order valence-corrected chi connectivity index (χ4v) is 15.3. The number of para-hydroxylation sites is 2. The number of aryl methyl sites for hydroxylation is 12. The zero-order chi connectivity index (χ0) is 58.4. The van der Waals surface area contributed by atoms with Gasteiger partial charge in [0.05, 0.1) is 0 Å². The van der Waals surface area contributed by atoms with Crippen LogP contribution in [-0.4, -0.2) is 20.1 Å². The molecule has 0 saturated carbocycles. The van der Waals surface area contributed by atoms with E-state index in [-0.39, 0.29) is 20.1 Å². The van der Waals surface area contributed by atoms with Gasteiger partial charge in [0.1, 0.15) is 0 Å². The smallest absolute Gasteiger partial charge is 0.247 e. The molecule has 2 aliphatic heterocycles. The molecule has 0 aromatic heterocycles. The third-order valence-electron chi connectivity index (χ3n) is 18.7. The van der Waals surface area contributed by atoms with Gasteiger partial charge in [-0.1, -0.05) is 246 Å². The molecule has 13 rings (SSSR count). The van der Waals surface area contributed by atoms with Crippen molar-refractivity contribution in [2.45, 2.75) is 90.0 Å². The van der Waals surface area contributed by atoms with E-state index in [0.717, 1.165) is 11.4 Å². The van der Waals surface area contributed by atoms with Crippen LogP contribution in [0, 0.1) is 90.0 Å². The maximum atomic E-state index is 2.51. The van der Waals surface area contributed by atoms with E-state index < -0.39 is 0 Å². The van der Waals surface area contributed by atoms with Crippen LogP contribution in [0.1, 0.15) is 72.3 Å². The highest BCUT2D eigenvalue weighted by molar-refractivity contribution is 6.99. The molecule has 2 aliphatic rings. The third kappa shape index (κ3) is 9.34. The molecule has 0 radical (unpaired) electrons. The van der Waals surface area contributed by atoms with Gasteiger partial charge >= 0.3 is 0 Å². The summed E-state index contributed by atoms with van der Waals surface area (Å²) in [6.45, 7) is 29.9. The lowest BCUT2D eigenvalue weighted by Crippen LogP contribution is -2.58. The van der Waals surface area contributed by atoms with Gasteiger partial charge in [-0.3, -0.25) is 0 Å².